The summed E-state index contributed by atoms with van der Waals surface area (Å²) in [6.07, 6.45) is 0. The number of rotatable bonds is 4. The summed E-state index contributed by atoms with van der Waals surface area (Å²) in [6.45, 7) is 4.25. The first-order valence-corrected chi connectivity index (χ1v) is 7.15. The lowest BCUT2D eigenvalue weighted by Gasteiger charge is -2.11. The maximum absolute atomic E-state index is 11.0. The molecule has 19 heavy (non-hydrogen) atoms. The molecule has 3 nitrogen and oxygen atoms in total. The molecule has 1 amide bonds. The van der Waals surface area contributed by atoms with Crippen molar-refractivity contribution >= 4 is 40.2 Å². The molecule has 0 spiro atoms. The van der Waals surface area contributed by atoms with Crippen molar-refractivity contribution in [2.45, 2.75) is 20.4 Å². The van der Waals surface area contributed by atoms with E-state index in [4.69, 9.17) is 11.6 Å². The normalized spacial score (nSPS) is 10.3. The molecule has 0 bridgehead atoms. The van der Waals surface area contributed by atoms with Gasteiger partial charge in [0.1, 0.15) is 0 Å². The van der Waals surface area contributed by atoms with E-state index in [1.807, 2.05) is 36.6 Å². The van der Waals surface area contributed by atoms with Gasteiger partial charge in [0.2, 0.25) is 5.91 Å². The van der Waals surface area contributed by atoms with Crippen LogP contribution in [0.1, 0.15) is 17.4 Å². The number of hydrogen-bond donors (Lipinski definition) is 2. The van der Waals surface area contributed by atoms with Gasteiger partial charge < -0.3 is 10.6 Å². The Morgan fingerprint density at radius 1 is 1.37 bits per heavy atom. The molecule has 0 aliphatic carbocycles. The smallest absolute Gasteiger partial charge is 0.221 e. The Morgan fingerprint density at radius 3 is 2.79 bits per heavy atom. The molecule has 0 aliphatic heterocycles. The Morgan fingerprint density at radius 2 is 2.16 bits per heavy atom. The van der Waals surface area contributed by atoms with Gasteiger partial charge in [-0.2, -0.15) is 0 Å². The van der Waals surface area contributed by atoms with Crippen LogP contribution in [0.2, 0.25) is 5.02 Å². The highest BCUT2D eigenvalue weighted by Gasteiger charge is 2.03. The van der Waals surface area contributed by atoms with Crippen molar-refractivity contribution in [1.82, 2.24) is 0 Å². The Labute approximate surface area is 121 Å². The second-order valence-electron chi connectivity index (χ2n) is 4.30. The van der Waals surface area contributed by atoms with Crippen LogP contribution in [0.15, 0.2) is 29.6 Å². The van der Waals surface area contributed by atoms with E-state index < -0.39 is 0 Å². The fraction of sp³-hybridized carbons (Fsp3) is 0.214. The average molecular weight is 295 g/mol. The second kappa shape index (κ2) is 6.08. The largest absolute Gasteiger partial charge is 0.380 e. The van der Waals surface area contributed by atoms with E-state index in [-0.39, 0.29) is 5.91 Å². The third-order valence-corrected chi connectivity index (χ3v) is 3.92. The van der Waals surface area contributed by atoms with Crippen LogP contribution >= 0.6 is 22.9 Å². The minimum atomic E-state index is -0.0696. The molecule has 1 aromatic heterocycles. The van der Waals surface area contributed by atoms with Crippen molar-refractivity contribution in [3.05, 3.63) is 45.1 Å². The first kappa shape index (κ1) is 13.9. The lowest BCUT2D eigenvalue weighted by atomic mass is 10.1. The predicted octanol–water partition coefficient (Wildman–Crippen LogP) is 4.28. The van der Waals surface area contributed by atoms with Crippen molar-refractivity contribution < 1.29 is 4.79 Å². The number of benzene rings is 1. The van der Waals surface area contributed by atoms with Crippen LogP contribution < -0.4 is 10.6 Å². The van der Waals surface area contributed by atoms with Gasteiger partial charge >= 0.3 is 0 Å². The molecular formula is C14H15ClN2OS. The van der Waals surface area contributed by atoms with Gasteiger partial charge in [0.05, 0.1) is 5.02 Å². The van der Waals surface area contributed by atoms with Crippen LogP contribution in [0.5, 0.6) is 0 Å². The molecule has 100 valence electrons. The van der Waals surface area contributed by atoms with E-state index >= 15 is 0 Å². The van der Waals surface area contributed by atoms with E-state index in [0.29, 0.717) is 0 Å². The molecule has 0 aliphatic rings. The molecule has 0 unspecified atom stereocenters. The van der Waals surface area contributed by atoms with E-state index in [1.165, 1.54) is 11.8 Å². The fourth-order valence-electron chi connectivity index (χ4n) is 1.72. The Hall–Kier alpha value is -1.52. The molecule has 2 aromatic rings. The van der Waals surface area contributed by atoms with Crippen LogP contribution in [0.4, 0.5) is 11.4 Å². The third kappa shape index (κ3) is 3.98. The van der Waals surface area contributed by atoms with Crippen molar-refractivity contribution in [2.24, 2.45) is 0 Å². The van der Waals surface area contributed by atoms with E-state index in [0.717, 1.165) is 28.5 Å². The van der Waals surface area contributed by atoms with Gasteiger partial charge in [-0.15, -0.1) is 11.3 Å². The summed E-state index contributed by atoms with van der Waals surface area (Å²) in [5.74, 6) is -0.0696. The quantitative estimate of drug-likeness (QED) is 0.883. The maximum atomic E-state index is 11.0. The van der Waals surface area contributed by atoms with Gasteiger partial charge in [-0.1, -0.05) is 17.7 Å². The molecule has 2 rings (SSSR count). The SMILES string of the molecule is CC(=O)Nc1ccc(C)c(NCc2cc(Cl)cs2)c1. The van der Waals surface area contributed by atoms with Crippen LogP contribution in [0.25, 0.3) is 0 Å². The van der Waals surface area contributed by atoms with Crippen LogP contribution in [-0.4, -0.2) is 5.91 Å². The monoisotopic (exact) mass is 294 g/mol. The van der Waals surface area contributed by atoms with Gasteiger partial charge in [-0.3, -0.25) is 4.79 Å². The minimum Gasteiger partial charge on any atom is -0.380 e. The Kier molecular flexibility index (Phi) is 4.45. The zero-order valence-electron chi connectivity index (χ0n) is 10.8. The average Bonchev–Trinajstić information content (AvgIpc) is 2.75. The molecule has 2 N–H and O–H groups in total. The topological polar surface area (TPSA) is 41.1 Å². The zero-order valence-corrected chi connectivity index (χ0v) is 12.4. The molecule has 1 heterocycles. The summed E-state index contributed by atoms with van der Waals surface area (Å²) in [5, 5.41) is 8.82. The predicted molar refractivity (Wildman–Crippen MR) is 82.1 cm³/mol. The first-order valence-electron chi connectivity index (χ1n) is 5.89. The lowest BCUT2D eigenvalue weighted by molar-refractivity contribution is -0.114. The van der Waals surface area contributed by atoms with Crippen molar-refractivity contribution in [1.29, 1.82) is 0 Å². The van der Waals surface area contributed by atoms with Gasteiger partial charge in [0.15, 0.2) is 0 Å². The summed E-state index contributed by atoms with van der Waals surface area (Å²) in [7, 11) is 0. The van der Waals surface area contributed by atoms with Gasteiger partial charge in [0.25, 0.3) is 0 Å². The maximum Gasteiger partial charge on any atom is 0.221 e. The summed E-state index contributed by atoms with van der Waals surface area (Å²) in [6, 6.07) is 7.76. The second-order valence-corrected chi connectivity index (χ2v) is 5.73. The number of halogens is 1. The fourth-order valence-corrected chi connectivity index (χ4v) is 2.73. The number of amides is 1. The van der Waals surface area contributed by atoms with Crippen LogP contribution in [0, 0.1) is 6.92 Å². The number of anilines is 2. The number of thiophene rings is 1. The molecule has 0 atom stereocenters. The number of carbonyl (C=O) groups excluding carboxylic acids is 1. The number of hydrogen-bond acceptors (Lipinski definition) is 3. The summed E-state index contributed by atoms with van der Waals surface area (Å²) >= 11 is 7.52. The standard InChI is InChI=1S/C14H15ClN2OS/c1-9-3-4-12(17-10(2)18)6-14(9)16-7-13-5-11(15)8-19-13/h3-6,8,16H,7H2,1-2H3,(H,17,18). The molecule has 5 heteroatoms. The molecule has 0 fully saturated rings. The van der Waals surface area contributed by atoms with E-state index in [1.54, 1.807) is 11.3 Å². The molecular weight excluding hydrogens is 280 g/mol. The van der Waals surface area contributed by atoms with Gasteiger partial charge in [-0.05, 0) is 30.7 Å². The Balaban J connectivity index is 2.08. The highest BCUT2D eigenvalue weighted by molar-refractivity contribution is 7.10. The first-order chi connectivity index (χ1) is 9.04. The highest BCUT2D eigenvalue weighted by Crippen LogP contribution is 2.23. The van der Waals surface area contributed by atoms with Gasteiger partial charge in [-0.25, -0.2) is 0 Å². The summed E-state index contributed by atoms with van der Waals surface area (Å²) < 4.78 is 0. The van der Waals surface area contributed by atoms with E-state index in [9.17, 15) is 4.79 Å². The van der Waals surface area contributed by atoms with Crippen LogP contribution in [-0.2, 0) is 11.3 Å². The van der Waals surface area contributed by atoms with Crippen LogP contribution in [0.3, 0.4) is 0 Å². The van der Waals surface area contributed by atoms with Crippen molar-refractivity contribution in [3.8, 4) is 0 Å². The Bertz CT molecular complexity index is 595. The van der Waals surface area contributed by atoms with Gasteiger partial charge in [0, 0.05) is 35.1 Å². The zero-order chi connectivity index (χ0) is 13.8. The third-order valence-electron chi connectivity index (χ3n) is 2.63. The highest BCUT2D eigenvalue weighted by atomic mass is 35.5. The number of nitrogens with one attached hydrogen (secondary N) is 2. The summed E-state index contributed by atoms with van der Waals surface area (Å²) in [4.78, 5) is 12.2. The molecule has 0 saturated carbocycles. The molecule has 0 saturated heterocycles. The van der Waals surface area contributed by atoms with E-state index in [2.05, 4.69) is 10.6 Å². The van der Waals surface area contributed by atoms with Crippen molar-refractivity contribution in [2.75, 3.05) is 10.6 Å². The molecule has 1 aromatic carbocycles. The summed E-state index contributed by atoms with van der Waals surface area (Å²) in [5.41, 5.74) is 2.94. The minimum absolute atomic E-state index is 0.0696. The number of aryl methyl sites for hydroxylation is 1. The molecule has 0 radical (unpaired) electrons. The number of carbonyl (C=O) groups is 1. The lowest BCUT2D eigenvalue weighted by Crippen LogP contribution is -2.07. The van der Waals surface area contributed by atoms with Crippen molar-refractivity contribution in [3.63, 3.8) is 0 Å².